The lowest BCUT2D eigenvalue weighted by Gasteiger charge is -2.58. The Morgan fingerprint density at radius 3 is 2.67 bits per heavy atom. The van der Waals surface area contributed by atoms with E-state index in [1.165, 1.54) is 44.9 Å². The lowest BCUT2D eigenvalue weighted by Crippen LogP contribution is -2.57. The van der Waals surface area contributed by atoms with Gasteiger partial charge in [-0.05, 0) is 98.2 Å². The highest BCUT2D eigenvalue weighted by Crippen LogP contribution is 2.70. The maximum Gasteiger partial charge on any atom is 0.122 e. The summed E-state index contributed by atoms with van der Waals surface area (Å²) in [5.74, 6) is 4.58. The van der Waals surface area contributed by atoms with Crippen molar-refractivity contribution in [1.29, 1.82) is 0 Å². The number of ether oxygens (including phenoxy) is 1. The summed E-state index contributed by atoms with van der Waals surface area (Å²) in [4.78, 5) is 0. The number of allylic oxidation sites excluding steroid dienone is 1. The van der Waals surface area contributed by atoms with Gasteiger partial charge in [-0.2, -0.15) is 0 Å². The molecule has 2 N–H and O–H groups in total. The molecular weight excluding hydrogens is 370 g/mol. The first-order valence-corrected chi connectivity index (χ1v) is 13.1. The van der Waals surface area contributed by atoms with Crippen LogP contribution in [-0.4, -0.2) is 29.6 Å². The maximum atomic E-state index is 10.3. The van der Waals surface area contributed by atoms with E-state index in [-0.39, 0.29) is 11.8 Å². The zero-order valence-electron chi connectivity index (χ0n) is 19.6. The van der Waals surface area contributed by atoms with E-state index in [0.29, 0.717) is 22.9 Å². The molecule has 11 atom stereocenters. The molecule has 1 spiro atoms. The second kappa shape index (κ2) is 6.58. The summed E-state index contributed by atoms with van der Waals surface area (Å²) in [5.41, 5.74) is 2.33. The van der Waals surface area contributed by atoms with Gasteiger partial charge in [-0.1, -0.05) is 39.3 Å². The van der Waals surface area contributed by atoms with Crippen LogP contribution in [0.2, 0.25) is 0 Å². The molecule has 2 saturated heterocycles. The van der Waals surface area contributed by atoms with Gasteiger partial charge in [0.25, 0.3) is 0 Å². The Bertz CT molecular complexity index is 739. The van der Waals surface area contributed by atoms with E-state index < -0.39 is 0 Å². The van der Waals surface area contributed by atoms with Crippen LogP contribution in [0.15, 0.2) is 11.6 Å². The second-order valence-corrected chi connectivity index (χ2v) is 12.8. The SMILES string of the molecule is C[C@@H]1CC[C@@]2(NC1)O[C@H]1C[C@H]3[C@@H]4CC=C5C[C@H](O)CC[C@]5(C)[C@@H]4CC[C@@]3(C)[C@H]1[C@@H]2C. The van der Waals surface area contributed by atoms with E-state index in [2.05, 4.69) is 39.1 Å². The van der Waals surface area contributed by atoms with Gasteiger partial charge in [-0.25, -0.2) is 0 Å². The first-order chi connectivity index (χ1) is 14.3. The van der Waals surface area contributed by atoms with Gasteiger partial charge < -0.3 is 9.84 Å². The highest BCUT2D eigenvalue weighted by molar-refractivity contribution is 5.26. The van der Waals surface area contributed by atoms with E-state index in [0.717, 1.165) is 49.0 Å². The summed E-state index contributed by atoms with van der Waals surface area (Å²) >= 11 is 0. The van der Waals surface area contributed by atoms with Crippen LogP contribution < -0.4 is 5.32 Å². The van der Waals surface area contributed by atoms with Crippen molar-refractivity contribution in [2.75, 3.05) is 6.54 Å². The Kier molecular flexibility index (Phi) is 4.44. The summed E-state index contributed by atoms with van der Waals surface area (Å²) in [6, 6.07) is 0. The predicted molar refractivity (Wildman–Crippen MR) is 120 cm³/mol. The van der Waals surface area contributed by atoms with Crippen molar-refractivity contribution in [1.82, 2.24) is 5.32 Å². The molecule has 6 aliphatic rings. The average Bonchev–Trinajstić information content (AvgIpc) is 3.16. The van der Waals surface area contributed by atoms with Crippen molar-refractivity contribution in [2.45, 2.75) is 103 Å². The first kappa shape index (κ1) is 20.2. The van der Waals surface area contributed by atoms with Crippen LogP contribution in [0, 0.1) is 46.3 Å². The Hall–Kier alpha value is -0.380. The van der Waals surface area contributed by atoms with Crippen molar-refractivity contribution in [3.05, 3.63) is 11.6 Å². The quantitative estimate of drug-likeness (QED) is 0.530. The topological polar surface area (TPSA) is 41.5 Å². The van der Waals surface area contributed by atoms with E-state index in [1.54, 1.807) is 5.57 Å². The van der Waals surface area contributed by atoms with Crippen molar-refractivity contribution in [2.24, 2.45) is 46.3 Å². The summed E-state index contributed by atoms with van der Waals surface area (Å²) < 4.78 is 7.00. The van der Waals surface area contributed by atoms with Crippen LogP contribution in [0.3, 0.4) is 0 Å². The van der Waals surface area contributed by atoms with Crippen LogP contribution in [0.4, 0.5) is 0 Å². The molecule has 4 aliphatic carbocycles. The molecule has 3 nitrogen and oxygen atoms in total. The van der Waals surface area contributed by atoms with Crippen LogP contribution >= 0.6 is 0 Å². The fraction of sp³-hybridized carbons (Fsp3) is 0.926. The number of nitrogens with one attached hydrogen (secondary N) is 1. The number of hydrogen-bond donors (Lipinski definition) is 2. The molecule has 2 heterocycles. The molecule has 2 aliphatic heterocycles. The van der Waals surface area contributed by atoms with Crippen LogP contribution in [0.25, 0.3) is 0 Å². The van der Waals surface area contributed by atoms with Crippen molar-refractivity contribution < 1.29 is 9.84 Å². The second-order valence-electron chi connectivity index (χ2n) is 12.8. The maximum absolute atomic E-state index is 10.3. The van der Waals surface area contributed by atoms with Gasteiger partial charge in [0, 0.05) is 12.5 Å². The van der Waals surface area contributed by atoms with Gasteiger partial charge in [-0.15, -0.1) is 0 Å². The molecule has 3 heteroatoms. The minimum Gasteiger partial charge on any atom is -0.393 e. The predicted octanol–water partition coefficient (Wildman–Crippen LogP) is 5.29. The van der Waals surface area contributed by atoms with Crippen LogP contribution in [0.1, 0.15) is 85.5 Å². The Balaban J connectivity index is 1.28. The number of aliphatic hydroxyl groups is 1. The molecule has 0 bridgehead atoms. The number of piperidine rings is 1. The molecule has 6 rings (SSSR count). The molecule has 0 aromatic heterocycles. The van der Waals surface area contributed by atoms with Crippen LogP contribution in [0.5, 0.6) is 0 Å². The summed E-state index contributed by atoms with van der Waals surface area (Å²) in [7, 11) is 0. The van der Waals surface area contributed by atoms with Gasteiger partial charge in [0.1, 0.15) is 5.72 Å². The zero-order valence-corrected chi connectivity index (χ0v) is 19.6. The van der Waals surface area contributed by atoms with E-state index >= 15 is 0 Å². The first-order valence-electron chi connectivity index (χ1n) is 13.1. The van der Waals surface area contributed by atoms with Crippen LogP contribution in [-0.2, 0) is 4.74 Å². The highest BCUT2D eigenvalue weighted by atomic mass is 16.5. The number of hydrogen-bond acceptors (Lipinski definition) is 3. The van der Waals surface area contributed by atoms with E-state index in [4.69, 9.17) is 4.74 Å². The van der Waals surface area contributed by atoms with Gasteiger partial charge in [0.15, 0.2) is 0 Å². The van der Waals surface area contributed by atoms with Crippen molar-refractivity contribution in [3.8, 4) is 0 Å². The fourth-order valence-electron chi connectivity index (χ4n) is 9.84. The Morgan fingerprint density at radius 2 is 1.90 bits per heavy atom. The van der Waals surface area contributed by atoms with Gasteiger partial charge in [0.05, 0.1) is 12.2 Å². The normalized spacial score (nSPS) is 59.8. The molecule has 30 heavy (non-hydrogen) atoms. The third-order valence-electron chi connectivity index (χ3n) is 11.6. The monoisotopic (exact) mass is 413 g/mol. The minimum atomic E-state index is -0.100. The molecule has 168 valence electrons. The third-order valence-corrected chi connectivity index (χ3v) is 11.6. The molecule has 0 unspecified atom stereocenters. The molecule has 0 aromatic carbocycles. The average molecular weight is 414 g/mol. The summed E-state index contributed by atoms with van der Waals surface area (Å²) in [5, 5.41) is 14.1. The standard InChI is InChI=1S/C27H43NO2/c1-16-7-12-27(28-15-16)17(2)24-23(30-27)14-22-20-6-5-18-13-19(29)8-10-25(18,3)21(20)9-11-26(22,24)4/h5,16-17,19-24,28-29H,6-15H2,1-4H3/t16-,17+,19-,20-,21-,22+,23+,24+,25+,26-,27-/m1/s1. The number of aliphatic hydroxyl groups excluding tert-OH is 1. The smallest absolute Gasteiger partial charge is 0.122 e. The van der Waals surface area contributed by atoms with E-state index in [9.17, 15) is 5.11 Å². The molecule has 3 saturated carbocycles. The molecule has 0 amide bonds. The molecule has 5 fully saturated rings. The number of fused-ring (bicyclic) bond motifs is 7. The summed E-state index contributed by atoms with van der Waals surface area (Å²) in [6.45, 7) is 11.2. The molecule has 0 radical (unpaired) electrons. The highest BCUT2D eigenvalue weighted by Gasteiger charge is 2.68. The van der Waals surface area contributed by atoms with E-state index in [1.807, 2.05) is 0 Å². The molecule has 0 aromatic rings. The lowest BCUT2D eigenvalue weighted by molar-refractivity contribution is -0.115. The lowest BCUT2D eigenvalue weighted by atomic mass is 9.47. The van der Waals surface area contributed by atoms with Gasteiger partial charge >= 0.3 is 0 Å². The summed E-state index contributed by atoms with van der Waals surface area (Å²) in [6.07, 6.45) is 13.8. The Morgan fingerprint density at radius 1 is 1.07 bits per heavy atom. The number of rotatable bonds is 0. The largest absolute Gasteiger partial charge is 0.393 e. The minimum absolute atomic E-state index is 0.0439. The zero-order chi connectivity index (χ0) is 20.9. The van der Waals surface area contributed by atoms with Gasteiger partial charge in [0.2, 0.25) is 0 Å². The van der Waals surface area contributed by atoms with Gasteiger partial charge in [-0.3, -0.25) is 5.32 Å². The third kappa shape index (κ3) is 2.55. The fourth-order valence-corrected chi connectivity index (χ4v) is 9.84. The van der Waals surface area contributed by atoms with Crippen molar-refractivity contribution in [3.63, 3.8) is 0 Å². The van der Waals surface area contributed by atoms with Crippen molar-refractivity contribution >= 4 is 0 Å². The Labute approximate surface area is 183 Å². The molecular formula is C27H43NO2.